The third kappa shape index (κ3) is 3.66. The molecule has 0 saturated carbocycles. The van der Waals surface area contributed by atoms with Gasteiger partial charge in [-0.1, -0.05) is 17.7 Å². The van der Waals surface area contributed by atoms with Gasteiger partial charge in [-0.3, -0.25) is 4.79 Å². The van der Waals surface area contributed by atoms with Crippen molar-refractivity contribution in [2.45, 2.75) is 20.8 Å². The molecule has 0 aliphatic heterocycles. The molecule has 0 bridgehead atoms. The molecule has 5 nitrogen and oxygen atoms in total. The number of aryl methyl sites for hydroxylation is 2. The second-order valence-corrected chi connectivity index (χ2v) is 6.95. The highest BCUT2D eigenvalue weighted by Crippen LogP contribution is 2.25. The van der Waals surface area contributed by atoms with Crippen LogP contribution in [0.3, 0.4) is 0 Å². The number of aromatic nitrogens is 1. The smallest absolute Gasteiger partial charge is 0.338 e. The van der Waals surface area contributed by atoms with Gasteiger partial charge in [0, 0.05) is 22.8 Å². The van der Waals surface area contributed by atoms with Crippen molar-refractivity contribution in [2.24, 2.45) is 0 Å². The lowest BCUT2D eigenvalue weighted by molar-refractivity contribution is 0.0599. The predicted octanol–water partition coefficient (Wildman–Crippen LogP) is 5.09. The summed E-state index contributed by atoms with van der Waals surface area (Å²) in [6, 6.07) is 14.5. The van der Waals surface area contributed by atoms with E-state index in [2.05, 4.69) is 9.88 Å². The molecule has 1 amide bonds. The zero-order valence-electron chi connectivity index (χ0n) is 16.2. The van der Waals surface area contributed by atoms with Gasteiger partial charge in [-0.2, -0.15) is 0 Å². The molecule has 0 saturated heterocycles. The van der Waals surface area contributed by atoms with Crippen molar-refractivity contribution in [3.8, 4) is 5.69 Å². The number of anilines is 1. The Hall–Kier alpha value is -3.05. The van der Waals surface area contributed by atoms with Crippen molar-refractivity contribution in [1.29, 1.82) is 0 Å². The number of nitrogens with zero attached hydrogens (tertiary/aromatic N) is 1. The van der Waals surface area contributed by atoms with E-state index in [0.29, 0.717) is 27.4 Å². The molecule has 3 aromatic rings. The SMILES string of the molecule is COC(=O)c1cccc(NC(=O)c2cc(-n3c(C)ccc3C)ccc2Cl)c1C. The third-order valence-corrected chi connectivity index (χ3v) is 5.04. The quantitative estimate of drug-likeness (QED) is 0.624. The van der Waals surface area contributed by atoms with Crippen LogP contribution in [0, 0.1) is 20.8 Å². The Labute approximate surface area is 168 Å². The van der Waals surface area contributed by atoms with Crippen LogP contribution in [0.4, 0.5) is 5.69 Å². The molecule has 144 valence electrons. The summed E-state index contributed by atoms with van der Waals surface area (Å²) in [6.45, 7) is 5.76. The van der Waals surface area contributed by atoms with Crippen LogP contribution in [-0.2, 0) is 4.74 Å². The number of methoxy groups -OCH3 is 1. The largest absolute Gasteiger partial charge is 0.465 e. The molecule has 1 heterocycles. The molecular weight excluding hydrogens is 376 g/mol. The van der Waals surface area contributed by atoms with Crippen LogP contribution in [-0.4, -0.2) is 23.6 Å². The number of ether oxygens (including phenoxy) is 1. The van der Waals surface area contributed by atoms with E-state index in [1.54, 1.807) is 37.3 Å². The number of hydrogen-bond donors (Lipinski definition) is 1. The minimum Gasteiger partial charge on any atom is -0.465 e. The summed E-state index contributed by atoms with van der Waals surface area (Å²) in [5.74, 6) is -0.799. The highest BCUT2D eigenvalue weighted by atomic mass is 35.5. The lowest BCUT2D eigenvalue weighted by Crippen LogP contribution is -2.15. The number of amides is 1. The number of benzene rings is 2. The highest BCUT2D eigenvalue weighted by Gasteiger charge is 2.17. The maximum Gasteiger partial charge on any atom is 0.338 e. The molecule has 0 fully saturated rings. The van der Waals surface area contributed by atoms with Gasteiger partial charge in [-0.15, -0.1) is 0 Å². The molecule has 0 atom stereocenters. The van der Waals surface area contributed by atoms with E-state index in [0.717, 1.165) is 17.1 Å². The Morgan fingerprint density at radius 1 is 0.964 bits per heavy atom. The van der Waals surface area contributed by atoms with Gasteiger partial charge < -0.3 is 14.6 Å². The van der Waals surface area contributed by atoms with Crippen molar-refractivity contribution in [3.63, 3.8) is 0 Å². The van der Waals surface area contributed by atoms with Crippen LogP contribution >= 0.6 is 11.6 Å². The standard InChI is InChI=1S/C22H21ClN2O3/c1-13-8-9-14(2)25(13)16-10-11-19(23)18(12-16)21(26)24-20-7-5-6-17(15(20)3)22(27)28-4/h5-12H,1-4H3,(H,24,26). The molecule has 0 radical (unpaired) electrons. The maximum atomic E-state index is 12.9. The van der Waals surface area contributed by atoms with Gasteiger partial charge in [0.2, 0.25) is 0 Å². The molecule has 0 aliphatic rings. The van der Waals surface area contributed by atoms with E-state index in [-0.39, 0.29) is 5.91 Å². The lowest BCUT2D eigenvalue weighted by atomic mass is 10.1. The summed E-state index contributed by atoms with van der Waals surface area (Å²) in [7, 11) is 1.32. The number of nitrogens with one attached hydrogen (secondary N) is 1. The van der Waals surface area contributed by atoms with E-state index in [1.807, 2.05) is 32.0 Å². The average molecular weight is 397 g/mol. The van der Waals surface area contributed by atoms with Gasteiger partial charge in [0.15, 0.2) is 0 Å². The Bertz CT molecular complexity index is 1050. The monoisotopic (exact) mass is 396 g/mol. The topological polar surface area (TPSA) is 60.3 Å². The minimum absolute atomic E-state index is 0.348. The number of halogens is 1. The fourth-order valence-corrected chi connectivity index (χ4v) is 3.40. The van der Waals surface area contributed by atoms with E-state index >= 15 is 0 Å². The summed E-state index contributed by atoms with van der Waals surface area (Å²) in [4.78, 5) is 24.8. The summed E-state index contributed by atoms with van der Waals surface area (Å²) >= 11 is 6.30. The van der Waals surface area contributed by atoms with E-state index in [1.165, 1.54) is 7.11 Å². The van der Waals surface area contributed by atoms with Gasteiger partial charge in [-0.05, 0) is 68.8 Å². The van der Waals surface area contributed by atoms with Crippen molar-refractivity contribution < 1.29 is 14.3 Å². The second kappa shape index (κ2) is 7.90. The Kier molecular flexibility index (Phi) is 5.56. The summed E-state index contributed by atoms with van der Waals surface area (Å²) < 4.78 is 6.84. The number of esters is 1. The Morgan fingerprint density at radius 3 is 2.29 bits per heavy atom. The van der Waals surface area contributed by atoms with Crippen molar-refractivity contribution in [2.75, 3.05) is 12.4 Å². The van der Waals surface area contributed by atoms with Crippen LogP contribution in [0.1, 0.15) is 37.7 Å². The average Bonchev–Trinajstić information content (AvgIpc) is 3.01. The van der Waals surface area contributed by atoms with Gasteiger partial charge in [0.05, 0.1) is 23.3 Å². The third-order valence-electron chi connectivity index (χ3n) is 4.71. The maximum absolute atomic E-state index is 12.9. The number of hydrogen-bond acceptors (Lipinski definition) is 3. The molecule has 2 aromatic carbocycles. The number of carbonyl (C=O) groups is 2. The first-order chi connectivity index (χ1) is 13.3. The first-order valence-corrected chi connectivity index (χ1v) is 9.15. The molecule has 0 aliphatic carbocycles. The zero-order valence-corrected chi connectivity index (χ0v) is 16.9. The van der Waals surface area contributed by atoms with Crippen LogP contribution in [0.2, 0.25) is 5.02 Å². The molecule has 1 N–H and O–H groups in total. The van der Waals surface area contributed by atoms with Gasteiger partial charge in [0.1, 0.15) is 0 Å². The van der Waals surface area contributed by atoms with E-state index < -0.39 is 5.97 Å². The van der Waals surface area contributed by atoms with Crippen molar-refractivity contribution in [1.82, 2.24) is 4.57 Å². The van der Waals surface area contributed by atoms with Crippen LogP contribution < -0.4 is 5.32 Å². The first kappa shape index (κ1) is 19.7. The molecule has 6 heteroatoms. The molecule has 1 aromatic heterocycles. The molecule has 0 unspecified atom stereocenters. The van der Waals surface area contributed by atoms with E-state index in [9.17, 15) is 9.59 Å². The predicted molar refractivity (Wildman–Crippen MR) is 111 cm³/mol. The van der Waals surface area contributed by atoms with Gasteiger partial charge >= 0.3 is 5.97 Å². The fraction of sp³-hybridized carbons (Fsp3) is 0.182. The summed E-state index contributed by atoms with van der Waals surface area (Å²) in [6.07, 6.45) is 0. The van der Waals surface area contributed by atoms with Crippen molar-refractivity contribution >= 4 is 29.2 Å². The first-order valence-electron chi connectivity index (χ1n) is 8.77. The number of carbonyl (C=O) groups excluding carboxylic acids is 2. The van der Waals surface area contributed by atoms with Crippen molar-refractivity contribution in [3.05, 3.63) is 81.6 Å². The molecular formula is C22H21ClN2O3. The minimum atomic E-state index is -0.452. The van der Waals surface area contributed by atoms with Crippen LogP contribution in [0.5, 0.6) is 0 Å². The summed E-state index contributed by atoms with van der Waals surface area (Å²) in [5, 5.41) is 3.20. The molecule has 28 heavy (non-hydrogen) atoms. The van der Waals surface area contributed by atoms with E-state index in [4.69, 9.17) is 16.3 Å². The zero-order chi connectivity index (χ0) is 20.4. The molecule has 3 rings (SSSR count). The fourth-order valence-electron chi connectivity index (χ4n) is 3.19. The highest BCUT2D eigenvalue weighted by molar-refractivity contribution is 6.34. The number of rotatable bonds is 4. The normalized spacial score (nSPS) is 10.6. The van der Waals surface area contributed by atoms with Gasteiger partial charge in [-0.25, -0.2) is 4.79 Å². The van der Waals surface area contributed by atoms with Gasteiger partial charge in [0.25, 0.3) is 5.91 Å². The Balaban J connectivity index is 1.96. The van der Waals surface area contributed by atoms with Crippen LogP contribution in [0.25, 0.3) is 5.69 Å². The summed E-state index contributed by atoms with van der Waals surface area (Å²) in [5.41, 5.74) is 4.90. The Morgan fingerprint density at radius 2 is 1.64 bits per heavy atom. The van der Waals surface area contributed by atoms with Crippen LogP contribution in [0.15, 0.2) is 48.5 Å². The lowest BCUT2D eigenvalue weighted by Gasteiger charge is -2.14. The second-order valence-electron chi connectivity index (χ2n) is 6.54. The molecule has 0 spiro atoms.